The molecule has 1 aliphatic heterocycles. The molecule has 82 valence electrons. The summed E-state index contributed by atoms with van der Waals surface area (Å²) >= 11 is 0. The van der Waals surface area contributed by atoms with E-state index in [0.29, 0.717) is 13.0 Å². The van der Waals surface area contributed by atoms with Gasteiger partial charge in [0, 0.05) is 12.6 Å². The maximum Gasteiger partial charge on any atom is 0.320 e. The van der Waals surface area contributed by atoms with Crippen LogP contribution in [0.15, 0.2) is 0 Å². The summed E-state index contributed by atoms with van der Waals surface area (Å²) in [5.41, 5.74) is 0. The van der Waals surface area contributed by atoms with Crippen molar-refractivity contribution in [2.75, 3.05) is 20.3 Å². The summed E-state index contributed by atoms with van der Waals surface area (Å²) in [5.74, 6) is -0.736. The Morgan fingerprint density at radius 3 is 2.86 bits per heavy atom. The van der Waals surface area contributed by atoms with Gasteiger partial charge in [-0.25, -0.2) is 0 Å². The molecule has 0 aliphatic carbocycles. The van der Waals surface area contributed by atoms with Crippen LogP contribution < -0.4 is 0 Å². The van der Waals surface area contributed by atoms with Gasteiger partial charge in [-0.3, -0.25) is 9.69 Å². The highest BCUT2D eigenvalue weighted by Crippen LogP contribution is 2.15. The second kappa shape index (κ2) is 5.32. The molecule has 2 unspecified atom stereocenters. The van der Waals surface area contributed by atoms with Crippen molar-refractivity contribution >= 4 is 5.97 Å². The summed E-state index contributed by atoms with van der Waals surface area (Å²) in [4.78, 5) is 12.9. The lowest BCUT2D eigenvalue weighted by atomic mass is 10.1. The molecule has 1 heterocycles. The average molecular weight is 201 g/mol. The Kier molecular flexibility index (Phi) is 4.35. The molecule has 1 aliphatic rings. The summed E-state index contributed by atoms with van der Waals surface area (Å²) < 4.78 is 5.34. The Morgan fingerprint density at radius 2 is 2.43 bits per heavy atom. The normalized spacial score (nSPS) is 24.9. The molecule has 1 saturated heterocycles. The number of aliphatic carboxylic acids is 1. The Hall–Kier alpha value is -0.610. The fraction of sp³-hybridized carbons (Fsp3) is 0.900. The van der Waals surface area contributed by atoms with Crippen molar-refractivity contribution in [3.63, 3.8) is 0 Å². The summed E-state index contributed by atoms with van der Waals surface area (Å²) in [6, 6.07) is -0.105. The first-order valence-corrected chi connectivity index (χ1v) is 5.19. The van der Waals surface area contributed by atoms with Crippen LogP contribution in [0.3, 0.4) is 0 Å². The average Bonchev–Trinajstić information content (AvgIpc) is 2.19. The van der Waals surface area contributed by atoms with Crippen LogP contribution in [0, 0.1) is 0 Å². The minimum Gasteiger partial charge on any atom is -0.480 e. The Morgan fingerprint density at radius 1 is 1.71 bits per heavy atom. The molecule has 0 radical (unpaired) electrons. The summed E-state index contributed by atoms with van der Waals surface area (Å²) in [6.45, 7) is 3.38. The molecule has 1 N–H and O–H groups in total. The van der Waals surface area contributed by atoms with Gasteiger partial charge < -0.3 is 9.84 Å². The lowest BCUT2D eigenvalue weighted by molar-refractivity contribution is -0.144. The minimum absolute atomic E-state index is 0.268. The Balaban J connectivity index is 2.51. The summed E-state index contributed by atoms with van der Waals surface area (Å²) in [5, 5.41) is 8.99. The number of carboxylic acids is 1. The largest absolute Gasteiger partial charge is 0.480 e. The van der Waals surface area contributed by atoms with E-state index in [2.05, 4.69) is 0 Å². The van der Waals surface area contributed by atoms with E-state index in [-0.39, 0.29) is 12.1 Å². The maximum atomic E-state index is 10.9. The fourth-order valence-corrected chi connectivity index (χ4v) is 1.94. The van der Waals surface area contributed by atoms with E-state index in [0.717, 1.165) is 19.4 Å². The first kappa shape index (κ1) is 11.5. The molecule has 0 aromatic carbocycles. The summed E-state index contributed by atoms with van der Waals surface area (Å²) in [6.07, 6.45) is 2.72. The number of nitrogens with zero attached hydrogens (tertiary/aromatic N) is 1. The molecule has 0 amide bonds. The van der Waals surface area contributed by atoms with Crippen LogP contribution in [0.2, 0.25) is 0 Å². The number of hydrogen-bond acceptors (Lipinski definition) is 3. The third-order valence-corrected chi connectivity index (χ3v) is 2.88. The predicted octanol–water partition coefficient (Wildman–Crippen LogP) is 0.960. The molecule has 1 rings (SSSR count). The van der Waals surface area contributed by atoms with E-state index >= 15 is 0 Å². The van der Waals surface area contributed by atoms with Crippen molar-refractivity contribution in [2.24, 2.45) is 0 Å². The molecule has 0 aromatic rings. The van der Waals surface area contributed by atoms with Gasteiger partial charge in [0.2, 0.25) is 0 Å². The number of ether oxygens (including phenoxy) is 1. The molecule has 14 heavy (non-hydrogen) atoms. The molecule has 0 bridgehead atoms. The van der Waals surface area contributed by atoms with Gasteiger partial charge in [-0.05, 0) is 26.3 Å². The van der Waals surface area contributed by atoms with E-state index in [4.69, 9.17) is 9.84 Å². The van der Waals surface area contributed by atoms with Gasteiger partial charge in [0.25, 0.3) is 0 Å². The standard InChI is InChI=1S/C10H19NO3/c1-3-9(10(12)13)11(2)8-5-4-6-14-7-8/h8-9H,3-7H2,1-2H3,(H,12,13). The molecule has 0 aromatic heterocycles. The van der Waals surface area contributed by atoms with Gasteiger partial charge in [-0.15, -0.1) is 0 Å². The predicted molar refractivity (Wildman–Crippen MR) is 53.3 cm³/mol. The van der Waals surface area contributed by atoms with E-state index in [1.807, 2.05) is 18.9 Å². The van der Waals surface area contributed by atoms with Crippen molar-refractivity contribution in [2.45, 2.75) is 38.3 Å². The highest BCUT2D eigenvalue weighted by molar-refractivity contribution is 5.73. The van der Waals surface area contributed by atoms with Gasteiger partial charge >= 0.3 is 5.97 Å². The first-order chi connectivity index (χ1) is 6.66. The lowest BCUT2D eigenvalue weighted by Gasteiger charge is -2.34. The van der Waals surface area contributed by atoms with Crippen molar-refractivity contribution in [1.29, 1.82) is 0 Å². The van der Waals surface area contributed by atoms with Crippen LogP contribution >= 0.6 is 0 Å². The topological polar surface area (TPSA) is 49.8 Å². The first-order valence-electron chi connectivity index (χ1n) is 5.19. The van der Waals surface area contributed by atoms with Crippen molar-refractivity contribution in [3.05, 3.63) is 0 Å². The number of carbonyl (C=O) groups is 1. The van der Waals surface area contributed by atoms with Gasteiger partial charge in [-0.2, -0.15) is 0 Å². The van der Waals surface area contributed by atoms with E-state index in [1.165, 1.54) is 0 Å². The second-order valence-electron chi connectivity index (χ2n) is 3.80. The number of hydrogen-bond donors (Lipinski definition) is 1. The van der Waals surface area contributed by atoms with Gasteiger partial charge in [0.1, 0.15) is 6.04 Å². The molecule has 4 nitrogen and oxygen atoms in total. The Labute approximate surface area is 84.8 Å². The molecule has 0 saturated carbocycles. The number of rotatable bonds is 4. The molecule has 2 atom stereocenters. The molecule has 1 fully saturated rings. The van der Waals surface area contributed by atoms with Crippen LogP contribution in [0.1, 0.15) is 26.2 Å². The second-order valence-corrected chi connectivity index (χ2v) is 3.80. The highest BCUT2D eigenvalue weighted by atomic mass is 16.5. The van der Waals surface area contributed by atoms with E-state index in [9.17, 15) is 4.79 Å². The zero-order valence-corrected chi connectivity index (χ0v) is 8.90. The third kappa shape index (κ3) is 2.69. The third-order valence-electron chi connectivity index (χ3n) is 2.88. The quantitative estimate of drug-likeness (QED) is 0.736. The highest BCUT2D eigenvalue weighted by Gasteiger charge is 2.28. The molecule has 4 heteroatoms. The van der Waals surface area contributed by atoms with Crippen molar-refractivity contribution < 1.29 is 14.6 Å². The zero-order chi connectivity index (χ0) is 10.6. The van der Waals surface area contributed by atoms with Crippen LogP contribution in [0.5, 0.6) is 0 Å². The molecular weight excluding hydrogens is 182 g/mol. The summed E-state index contributed by atoms with van der Waals surface area (Å²) in [7, 11) is 1.88. The Bertz CT molecular complexity index is 190. The SMILES string of the molecule is CCC(C(=O)O)N(C)C1CCCOC1. The maximum absolute atomic E-state index is 10.9. The smallest absolute Gasteiger partial charge is 0.320 e. The van der Waals surface area contributed by atoms with Gasteiger partial charge in [0.15, 0.2) is 0 Å². The fourth-order valence-electron chi connectivity index (χ4n) is 1.94. The van der Waals surface area contributed by atoms with Crippen LogP contribution in [0.25, 0.3) is 0 Å². The van der Waals surface area contributed by atoms with E-state index < -0.39 is 5.97 Å². The van der Waals surface area contributed by atoms with Gasteiger partial charge in [0.05, 0.1) is 6.61 Å². The monoisotopic (exact) mass is 201 g/mol. The van der Waals surface area contributed by atoms with Crippen molar-refractivity contribution in [3.8, 4) is 0 Å². The lowest BCUT2D eigenvalue weighted by Crippen LogP contribution is -2.47. The number of likely N-dealkylation sites (N-methyl/N-ethyl adjacent to an activating group) is 1. The molecular formula is C10H19NO3. The minimum atomic E-state index is -0.736. The molecule has 0 spiro atoms. The van der Waals surface area contributed by atoms with Crippen LogP contribution in [-0.4, -0.2) is 48.3 Å². The number of carboxylic acid groups (broad SMARTS) is 1. The van der Waals surface area contributed by atoms with E-state index in [1.54, 1.807) is 0 Å². The van der Waals surface area contributed by atoms with Gasteiger partial charge in [-0.1, -0.05) is 6.92 Å². The van der Waals surface area contributed by atoms with Crippen molar-refractivity contribution in [1.82, 2.24) is 4.90 Å². The zero-order valence-electron chi connectivity index (χ0n) is 8.90. The van der Waals surface area contributed by atoms with Crippen LogP contribution in [-0.2, 0) is 9.53 Å². The van der Waals surface area contributed by atoms with Crippen LogP contribution in [0.4, 0.5) is 0 Å².